The SMILES string of the molecule is CCCNC(=O)c1cncc(C(=O)Nc2ccc(Br)cc2)c1. The van der Waals surface area contributed by atoms with Gasteiger partial charge in [-0.2, -0.15) is 0 Å². The summed E-state index contributed by atoms with van der Waals surface area (Å²) >= 11 is 3.34. The summed E-state index contributed by atoms with van der Waals surface area (Å²) in [6, 6.07) is 8.78. The van der Waals surface area contributed by atoms with Gasteiger partial charge in [0.25, 0.3) is 11.8 Å². The van der Waals surface area contributed by atoms with E-state index in [9.17, 15) is 9.59 Å². The average Bonchev–Trinajstić information content (AvgIpc) is 2.54. The lowest BCUT2D eigenvalue weighted by Gasteiger charge is -2.07. The van der Waals surface area contributed by atoms with Crippen LogP contribution in [0, 0.1) is 0 Å². The maximum atomic E-state index is 12.2. The van der Waals surface area contributed by atoms with Crippen LogP contribution in [0.4, 0.5) is 5.69 Å². The molecule has 5 nitrogen and oxygen atoms in total. The Labute approximate surface area is 137 Å². The number of benzene rings is 1. The van der Waals surface area contributed by atoms with Gasteiger partial charge in [0.15, 0.2) is 0 Å². The third kappa shape index (κ3) is 4.39. The van der Waals surface area contributed by atoms with Crippen LogP contribution >= 0.6 is 15.9 Å². The predicted molar refractivity (Wildman–Crippen MR) is 89.0 cm³/mol. The Hall–Kier alpha value is -2.21. The predicted octanol–water partition coefficient (Wildman–Crippen LogP) is 3.24. The van der Waals surface area contributed by atoms with Crippen LogP contribution in [-0.2, 0) is 0 Å². The van der Waals surface area contributed by atoms with Crippen molar-refractivity contribution in [2.75, 3.05) is 11.9 Å². The zero-order chi connectivity index (χ0) is 15.9. The molecule has 2 N–H and O–H groups in total. The van der Waals surface area contributed by atoms with E-state index >= 15 is 0 Å². The second kappa shape index (κ2) is 7.70. The maximum absolute atomic E-state index is 12.2. The molecule has 0 aliphatic carbocycles. The van der Waals surface area contributed by atoms with E-state index in [2.05, 4.69) is 31.5 Å². The van der Waals surface area contributed by atoms with Crippen molar-refractivity contribution in [2.45, 2.75) is 13.3 Å². The zero-order valence-corrected chi connectivity index (χ0v) is 13.7. The monoisotopic (exact) mass is 361 g/mol. The highest BCUT2D eigenvalue weighted by molar-refractivity contribution is 9.10. The highest BCUT2D eigenvalue weighted by Gasteiger charge is 2.11. The topological polar surface area (TPSA) is 71.1 Å². The van der Waals surface area contributed by atoms with Crippen molar-refractivity contribution in [3.63, 3.8) is 0 Å². The molecule has 2 amide bonds. The van der Waals surface area contributed by atoms with Crippen LogP contribution in [0.3, 0.4) is 0 Å². The molecule has 2 aromatic rings. The Kier molecular flexibility index (Phi) is 5.66. The Balaban J connectivity index is 2.09. The number of anilines is 1. The van der Waals surface area contributed by atoms with E-state index in [-0.39, 0.29) is 11.8 Å². The zero-order valence-electron chi connectivity index (χ0n) is 12.1. The van der Waals surface area contributed by atoms with Crippen molar-refractivity contribution < 1.29 is 9.59 Å². The molecule has 1 aromatic heterocycles. The molecule has 0 spiro atoms. The van der Waals surface area contributed by atoms with Crippen molar-refractivity contribution in [2.24, 2.45) is 0 Å². The smallest absolute Gasteiger partial charge is 0.257 e. The lowest BCUT2D eigenvalue weighted by Crippen LogP contribution is -2.24. The second-order valence-electron chi connectivity index (χ2n) is 4.68. The Bertz CT molecular complexity index is 671. The number of aromatic nitrogens is 1. The number of nitrogens with zero attached hydrogens (tertiary/aromatic N) is 1. The summed E-state index contributed by atoms with van der Waals surface area (Å²) in [5.74, 6) is -0.535. The number of hydrogen-bond acceptors (Lipinski definition) is 3. The molecule has 0 aliphatic heterocycles. The first-order valence-corrected chi connectivity index (χ1v) is 7.69. The van der Waals surface area contributed by atoms with E-state index < -0.39 is 0 Å². The average molecular weight is 362 g/mol. The number of hydrogen-bond donors (Lipinski definition) is 2. The van der Waals surface area contributed by atoms with E-state index in [1.807, 2.05) is 19.1 Å². The van der Waals surface area contributed by atoms with Crippen molar-refractivity contribution in [3.8, 4) is 0 Å². The van der Waals surface area contributed by atoms with Gasteiger partial charge in [-0.25, -0.2) is 0 Å². The normalized spacial score (nSPS) is 10.1. The van der Waals surface area contributed by atoms with E-state index in [4.69, 9.17) is 0 Å². The molecule has 0 radical (unpaired) electrons. The van der Waals surface area contributed by atoms with Gasteiger partial charge in [-0.1, -0.05) is 22.9 Å². The van der Waals surface area contributed by atoms with Gasteiger partial charge in [0.05, 0.1) is 11.1 Å². The summed E-state index contributed by atoms with van der Waals surface area (Å²) in [7, 11) is 0. The summed E-state index contributed by atoms with van der Waals surface area (Å²) in [4.78, 5) is 28.0. The summed E-state index contributed by atoms with van der Waals surface area (Å²) in [5.41, 5.74) is 1.39. The number of amides is 2. The quantitative estimate of drug-likeness (QED) is 0.858. The fourth-order valence-corrected chi connectivity index (χ4v) is 2.03. The van der Waals surface area contributed by atoms with Gasteiger partial charge >= 0.3 is 0 Å². The summed E-state index contributed by atoms with van der Waals surface area (Å²) in [5, 5.41) is 5.52. The number of carbonyl (C=O) groups is 2. The van der Waals surface area contributed by atoms with Crippen molar-refractivity contribution in [3.05, 3.63) is 58.3 Å². The number of carbonyl (C=O) groups excluding carboxylic acids is 2. The number of pyridine rings is 1. The number of rotatable bonds is 5. The molecule has 0 aliphatic rings. The minimum absolute atomic E-state index is 0.229. The third-order valence-electron chi connectivity index (χ3n) is 2.90. The first kappa shape index (κ1) is 16.2. The Morgan fingerprint density at radius 1 is 1.09 bits per heavy atom. The van der Waals surface area contributed by atoms with Crippen LogP contribution in [-0.4, -0.2) is 23.3 Å². The maximum Gasteiger partial charge on any atom is 0.257 e. The molecule has 0 unspecified atom stereocenters. The summed E-state index contributed by atoms with van der Waals surface area (Å²) in [6.45, 7) is 2.56. The van der Waals surface area contributed by atoms with Crippen LogP contribution in [0.2, 0.25) is 0 Å². The summed E-state index contributed by atoms with van der Waals surface area (Å²) in [6.07, 6.45) is 3.73. The van der Waals surface area contributed by atoms with Gasteiger partial charge < -0.3 is 10.6 Å². The van der Waals surface area contributed by atoms with Crippen LogP contribution in [0.15, 0.2) is 47.2 Å². The van der Waals surface area contributed by atoms with Gasteiger partial charge in [-0.05, 0) is 36.8 Å². The highest BCUT2D eigenvalue weighted by Crippen LogP contribution is 2.15. The lowest BCUT2D eigenvalue weighted by atomic mass is 10.2. The lowest BCUT2D eigenvalue weighted by molar-refractivity contribution is 0.0953. The van der Waals surface area contributed by atoms with E-state index in [1.54, 1.807) is 12.1 Å². The first-order chi connectivity index (χ1) is 10.6. The molecule has 1 heterocycles. The van der Waals surface area contributed by atoms with Crippen molar-refractivity contribution in [1.29, 1.82) is 0 Å². The molecular formula is C16H16BrN3O2. The third-order valence-corrected chi connectivity index (χ3v) is 3.43. The largest absolute Gasteiger partial charge is 0.352 e. The molecule has 114 valence electrons. The van der Waals surface area contributed by atoms with Gasteiger partial charge in [-0.3, -0.25) is 14.6 Å². The van der Waals surface area contributed by atoms with Crippen molar-refractivity contribution in [1.82, 2.24) is 10.3 Å². The van der Waals surface area contributed by atoms with Crippen LogP contribution in [0.1, 0.15) is 34.1 Å². The fraction of sp³-hybridized carbons (Fsp3) is 0.188. The molecule has 0 saturated heterocycles. The van der Waals surface area contributed by atoms with Gasteiger partial charge in [0.1, 0.15) is 0 Å². The molecule has 6 heteroatoms. The minimum atomic E-state index is -0.306. The van der Waals surface area contributed by atoms with E-state index in [0.29, 0.717) is 23.4 Å². The molecule has 0 saturated carbocycles. The van der Waals surface area contributed by atoms with Crippen molar-refractivity contribution >= 4 is 33.4 Å². The van der Waals surface area contributed by atoms with Crippen LogP contribution in [0.25, 0.3) is 0 Å². The van der Waals surface area contributed by atoms with E-state index in [0.717, 1.165) is 10.9 Å². The van der Waals surface area contributed by atoms with Crippen LogP contribution in [0.5, 0.6) is 0 Å². The summed E-state index contributed by atoms with van der Waals surface area (Å²) < 4.78 is 0.932. The molecular weight excluding hydrogens is 346 g/mol. The van der Waals surface area contributed by atoms with Gasteiger partial charge in [0, 0.05) is 29.1 Å². The van der Waals surface area contributed by atoms with Gasteiger partial charge in [-0.15, -0.1) is 0 Å². The Morgan fingerprint density at radius 2 is 1.73 bits per heavy atom. The van der Waals surface area contributed by atoms with Gasteiger partial charge in [0.2, 0.25) is 0 Å². The molecule has 1 aromatic carbocycles. The first-order valence-electron chi connectivity index (χ1n) is 6.90. The minimum Gasteiger partial charge on any atom is -0.352 e. The highest BCUT2D eigenvalue weighted by atomic mass is 79.9. The molecule has 22 heavy (non-hydrogen) atoms. The second-order valence-corrected chi connectivity index (χ2v) is 5.59. The number of halogens is 1. The molecule has 2 rings (SSSR count). The van der Waals surface area contributed by atoms with Crippen LogP contribution < -0.4 is 10.6 Å². The fourth-order valence-electron chi connectivity index (χ4n) is 1.77. The molecule has 0 fully saturated rings. The standard InChI is InChI=1S/C16H16BrN3O2/c1-2-7-19-15(21)11-8-12(10-18-9-11)16(22)20-14-5-3-13(17)4-6-14/h3-6,8-10H,2,7H2,1H3,(H,19,21)(H,20,22). The number of nitrogens with one attached hydrogen (secondary N) is 2. The molecule has 0 atom stereocenters. The van der Waals surface area contributed by atoms with E-state index in [1.165, 1.54) is 18.5 Å². The molecule has 0 bridgehead atoms. The Morgan fingerprint density at radius 3 is 2.36 bits per heavy atom.